The number of carbonyl (C=O) groups excluding carboxylic acids is 1. The van der Waals surface area contributed by atoms with Gasteiger partial charge < -0.3 is 15.7 Å². The fraction of sp³-hybridized carbons (Fsp3) is 0.133. The van der Waals surface area contributed by atoms with Crippen LogP contribution in [0.4, 0.5) is 10.1 Å². The van der Waals surface area contributed by atoms with Crippen molar-refractivity contribution in [2.75, 3.05) is 12.8 Å². The van der Waals surface area contributed by atoms with Crippen LogP contribution in [0.2, 0.25) is 0 Å². The Labute approximate surface area is 116 Å². The lowest BCUT2D eigenvalue weighted by Crippen LogP contribution is -2.26. The van der Waals surface area contributed by atoms with Crippen molar-refractivity contribution >= 4 is 11.6 Å². The molecule has 0 heterocycles. The van der Waals surface area contributed by atoms with Crippen molar-refractivity contribution < 1.29 is 14.3 Å². The highest BCUT2D eigenvalue weighted by Crippen LogP contribution is 2.25. The Hall–Kier alpha value is -2.56. The molecule has 0 saturated carbocycles. The summed E-state index contributed by atoms with van der Waals surface area (Å²) in [6, 6.07) is 10.5. The van der Waals surface area contributed by atoms with Gasteiger partial charge in [0.15, 0.2) is 5.75 Å². The van der Waals surface area contributed by atoms with E-state index < -0.39 is 0 Å². The molecule has 2 rings (SSSR count). The Balaban J connectivity index is 2.16. The van der Waals surface area contributed by atoms with E-state index in [0.29, 0.717) is 6.54 Å². The molecule has 0 aliphatic rings. The van der Waals surface area contributed by atoms with E-state index in [0.717, 1.165) is 5.56 Å². The van der Waals surface area contributed by atoms with Gasteiger partial charge in [-0.3, -0.25) is 4.79 Å². The molecule has 0 aromatic heterocycles. The molecule has 0 fully saturated rings. The maximum Gasteiger partial charge on any atom is 0.257 e. The third kappa shape index (κ3) is 2.88. The molecule has 0 spiro atoms. The Morgan fingerprint density at radius 1 is 1.25 bits per heavy atom. The standard InChI is InChI=1S/C15H15FN2O2/c1-18(9-10-5-7-11(16)8-6-10)15(20)12-3-2-4-13(17)14(12)19/h2-8,19H,9,17H2,1H3. The monoisotopic (exact) mass is 274 g/mol. The van der Waals surface area contributed by atoms with Crippen LogP contribution in [0.25, 0.3) is 0 Å². The molecule has 2 aromatic carbocycles. The first-order valence-corrected chi connectivity index (χ1v) is 6.06. The number of anilines is 1. The van der Waals surface area contributed by atoms with Crippen LogP contribution >= 0.6 is 0 Å². The number of amides is 1. The van der Waals surface area contributed by atoms with Crippen LogP contribution in [0, 0.1) is 5.82 Å². The summed E-state index contributed by atoms with van der Waals surface area (Å²) in [6.07, 6.45) is 0. The molecule has 1 amide bonds. The summed E-state index contributed by atoms with van der Waals surface area (Å²) in [7, 11) is 1.61. The molecule has 0 radical (unpaired) electrons. The molecular formula is C15H15FN2O2. The van der Waals surface area contributed by atoms with Gasteiger partial charge >= 0.3 is 0 Å². The first kappa shape index (κ1) is 13.9. The summed E-state index contributed by atoms with van der Waals surface area (Å²) >= 11 is 0. The van der Waals surface area contributed by atoms with Gasteiger partial charge in [0.2, 0.25) is 0 Å². The van der Waals surface area contributed by atoms with E-state index in [1.807, 2.05) is 0 Å². The van der Waals surface area contributed by atoms with Gasteiger partial charge in [-0.25, -0.2) is 4.39 Å². The number of rotatable bonds is 3. The Kier molecular flexibility index (Phi) is 3.89. The largest absolute Gasteiger partial charge is 0.505 e. The number of phenolic OH excluding ortho intramolecular Hbond substituents is 1. The number of para-hydroxylation sites is 1. The minimum Gasteiger partial charge on any atom is -0.505 e. The zero-order valence-corrected chi connectivity index (χ0v) is 11.0. The summed E-state index contributed by atoms with van der Waals surface area (Å²) in [5.74, 6) is -0.890. The van der Waals surface area contributed by atoms with Crippen LogP contribution in [0.5, 0.6) is 5.75 Å². The van der Waals surface area contributed by atoms with Crippen LogP contribution < -0.4 is 5.73 Å². The second-order valence-electron chi connectivity index (χ2n) is 4.53. The lowest BCUT2D eigenvalue weighted by Gasteiger charge is -2.18. The molecule has 104 valence electrons. The van der Waals surface area contributed by atoms with Crippen LogP contribution in [-0.2, 0) is 6.54 Å². The Morgan fingerprint density at radius 2 is 1.90 bits per heavy atom. The molecule has 0 unspecified atom stereocenters. The van der Waals surface area contributed by atoms with Crippen LogP contribution in [0.1, 0.15) is 15.9 Å². The number of carbonyl (C=O) groups is 1. The first-order valence-electron chi connectivity index (χ1n) is 6.06. The van der Waals surface area contributed by atoms with Gasteiger partial charge in [0, 0.05) is 13.6 Å². The summed E-state index contributed by atoms with van der Waals surface area (Å²) in [6.45, 7) is 0.313. The number of hydrogen-bond acceptors (Lipinski definition) is 3. The van der Waals surface area contributed by atoms with Gasteiger partial charge in [-0.05, 0) is 29.8 Å². The summed E-state index contributed by atoms with van der Waals surface area (Å²) < 4.78 is 12.8. The van der Waals surface area contributed by atoms with Crippen molar-refractivity contribution in [3.05, 3.63) is 59.4 Å². The molecule has 2 aromatic rings. The van der Waals surface area contributed by atoms with E-state index in [-0.39, 0.29) is 28.7 Å². The quantitative estimate of drug-likeness (QED) is 0.667. The molecule has 0 bridgehead atoms. The fourth-order valence-corrected chi connectivity index (χ4v) is 1.88. The topological polar surface area (TPSA) is 66.6 Å². The minimum absolute atomic E-state index is 0.148. The van der Waals surface area contributed by atoms with E-state index in [2.05, 4.69) is 0 Å². The van der Waals surface area contributed by atoms with E-state index in [9.17, 15) is 14.3 Å². The molecule has 0 aliphatic heterocycles. The summed E-state index contributed by atoms with van der Waals surface area (Å²) in [5, 5.41) is 9.80. The van der Waals surface area contributed by atoms with Crippen molar-refractivity contribution in [3.63, 3.8) is 0 Å². The molecule has 20 heavy (non-hydrogen) atoms. The highest BCUT2D eigenvalue weighted by Gasteiger charge is 2.17. The molecule has 5 heteroatoms. The smallest absolute Gasteiger partial charge is 0.257 e. The van der Waals surface area contributed by atoms with Gasteiger partial charge in [0.1, 0.15) is 5.82 Å². The SMILES string of the molecule is CN(Cc1ccc(F)cc1)C(=O)c1cccc(N)c1O. The highest BCUT2D eigenvalue weighted by molar-refractivity contribution is 5.98. The van der Waals surface area contributed by atoms with E-state index in [4.69, 9.17) is 5.73 Å². The number of halogens is 1. The number of nitrogen functional groups attached to an aromatic ring is 1. The molecule has 0 saturated heterocycles. The maximum absolute atomic E-state index is 12.8. The van der Waals surface area contributed by atoms with Crippen molar-refractivity contribution in [1.29, 1.82) is 0 Å². The van der Waals surface area contributed by atoms with E-state index in [1.165, 1.54) is 29.2 Å². The van der Waals surface area contributed by atoms with Gasteiger partial charge in [-0.1, -0.05) is 18.2 Å². The Morgan fingerprint density at radius 3 is 2.55 bits per heavy atom. The summed E-state index contributed by atoms with van der Waals surface area (Å²) in [5.41, 5.74) is 6.67. The number of aromatic hydroxyl groups is 1. The maximum atomic E-state index is 12.8. The van der Waals surface area contributed by atoms with Crippen LogP contribution in [-0.4, -0.2) is 23.0 Å². The van der Waals surface area contributed by atoms with Gasteiger partial charge in [0.25, 0.3) is 5.91 Å². The zero-order valence-electron chi connectivity index (χ0n) is 11.0. The number of nitrogens with two attached hydrogens (primary N) is 1. The normalized spacial score (nSPS) is 10.3. The van der Waals surface area contributed by atoms with Gasteiger partial charge in [-0.2, -0.15) is 0 Å². The predicted molar refractivity (Wildman–Crippen MR) is 74.7 cm³/mol. The van der Waals surface area contributed by atoms with E-state index >= 15 is 0 Å². The van der Waals surface area contributed by atoms with Gasteiger partial charge in [-0.15, -0.1) is 0 Å². The van der Waals surface area contributed by atoms with E-state index in [1.54, 1.807) is 25.2 Å². The summed E-state index contributed by atoms with van der Waals surface area (Å²) in [4.78, 5) is 13.7. The third-order valence-electron chi connectivity index (χ3n) is 2.98. The van der Waals surface area contributed by atoms with Gasteiger partial charge in [0.05, 0.1) is 11.3 Å². The van der Waals surface area contributed by atoms with Crippen molar-refractivity contribution in [1.82, 2.24) is 4.90 Å². The molecule has 3 N–H and O–H groups in total. The second kappa shape index (κ2) is 5.61. The van der Waals surface area contributed by atoms with Crippen molar-refractivity contribution in [2.45, 2.75) is 6.54 Å². The number of phenols is 1. The number of benzene rings is 2. The van der Waals surface area contributed by atoms with Crippen LogP contribution in [0.15, 0.2) is 42.5 Å². The molecule has 0 atom stereocenters. The minimum atomic E-state index is -0.348. The van der Waals surface area contributed by atoms with Crippen LogP contribution in [0.3, 0.4) is 0 Å². The fourth-order valence-electron chi connectivity index (χ4n) is 1.88. The predicted octanol–water partition coefficient (Wildman–Crippen LogP) is 2.39. The second-order valence-corrected chi connectivity index (χ2v) is 4.53. The number of nitrogens with zero attached hydrogens (tertiary/aromatic N) is 1. The Bertz CT molecular complexity index is 626. The van der Waals surface area contributed by atoms with Crippen molar-refractivity contribution in [3.8, 4) is 5.75 Å². The molecule has 0 aliphatic carbocycles. The average molecular weight is 274 g/mol. The first-order chi connectivity index (χ1) is 9.49. The third-order valence-corrected chi connectivity index (χ3v) is 2.98. The number of hydrogen-bond donors (Lipinski definition) is 2. The average Bonchev–Trinajstić information content (AvgIpc) is 2.43. The molecule has 4 nitrogen and oxygen atoms in total. The van der Waals surface area contributed by atoms with Crippen molar-refractivity contribution in [2.24, 2.45) is 0 Å². The lowest BCUT2D eigenvalue weighted by atomic mass is 10.1. The zero-order chi connectivity index (χ0) is 14.7. The highest BCUT2D eigenvalue weighted by atomic mass is 19.1. The molecular weight excluding hydrogens is 259 g/mol. The lowest BCUT2D eigenvalue weighted by molar-refractivity contribution is 0.0782.